The van der Waals surface area contributed by atoms with Crippen molar-refractivity contribution in [1.29, 1.82) is 0 Å². The molecule has 0 radical (unpaired) electrons. The van der Waals surface area contributed by atoms with E-state index in [0.29, 0.717) is 0 Å². The van der Waals surface area contributed by atoms with Crippen molar-refractivity contribution >= 4 is 17.3 Å². The summed E-state index contributed by atoms with van der Waals surface area (Å²) in [6.45, 7) is 2.05. The van der Waals surface area contributed by atoms with Crippen LogP contribution in [0.5, 0.6) is 0 Å². The highest BCUT2D eigenvalue weighted by atomic mass is 35.5. The summed E-state index contributed by atoms with van der Waals surface area (Å²) in [7, 11) is 0. The van der Waals surface area contributed by atoms with Gasteiger partial charge in [0.25, 0.3) is 0 Å². The molecule has 0 heterocycles. The van der Waals surface area contributed by atoms with Crippen LogP contribution in [0.15, 0.2) is 48.5 Å². The predicted octanol–water partition coefficient (Wildman–Crippen LogP) is 4.65. The fraction of sp³-hybridized carbons (Fsp3) is 0.143. The smallest absolute Gasteiger partial charge is 0.141 e. The van der Waals surface area contributed by atoms with Crippen LogP contribution in [0.4, 0.5) is 10.1 Å². The van der Waals surface area contributed by atoms with Gasteiger partial charge in [0.05, 0.1) is 5.02 Å². The monoisotopic (exact) mass is 249 g/mol. The van der Waals surface area contributed by atoms with E-state index in [1.165, 1.54) is 11.6 Å². The van der Waals surface area contributed by atoms with E-state index < -0.39 is 5.82 Å². The van der Waals surface area contributed by atoms with Gasteiger partial charge in [-0.15, -0.1) is 0 Å². The van der Waals surface area contributed by atoms with Crippen LogP contribution < -0.4 is 5.32 Å². The number of hydrogen-bond acceptors (Lipinski definition) is 1. The molecule has 1 atom stereocenters. The molecule has 1 nitrogen and oxygen atoms in total. The molecular weight excluding hydrogens is 237 g/mol. The van der Waals surface area contributed by atoms with E-state index in [9.17, 15) is 4.39 Å². The largest absolute Gasteiger partial charge is 0.378 e. The second-order valence-corrected chi connectivity index (χ2v) is 4.31. The Bertz CT molecular complexity index is 499. The molecule has 17 heavy (non-hydrogen) atoms. The predicted molar refractivity (Wildman–Crippen MR) is 69.9 cm³/mol. The SMILES string of the molecule is CC(Nc1ccc(F)c(Cl)c1)c1ccccc1. The molecule has 1 unspecified atom stereocenters. The van der Waals surface area contributed by atoms with E-state index in [0.717, 1.165) is 5.69 Å². The van der Waals surface area contributed by atoms with Crippen LogP contribution in [0.1, 0.15) is 18.5 Å². The first kappa shape index (κ1) is 11.9. The summed E-state index contributed by atoms with van der Waals surface area (Å²) in [5.41, 5.74) is 1.99. The van der Waals surface area contributed by atoms with Gasteiger partial charge in [-0.1, -0.05) is 41.9 Å². The lowest BCUT2D eigenvalue weighted by Gasteiger charge is -2.15. The van der Waals surface area contributed by atoms with Crippen LogP contribution in [-0.4, -0.2) is 0 Å². The van der Waals surface area contributed by atoms with Crippen molar-refractivity contribution in [3.05, 3.63) is 64.9 Å². The van der Waals surface area contributed by atoms with E-state index in [1.807, 2.05) is 37.3 Å². The lowest BCUT2D eigenvalue weighted by atomic mass is 10.1. The molecule has 2 aromatic carbocycles. The number of nitrogens with one attached hydrogen (secondary N) is 1. The molecule has 0 aliphatic rings. The molecule has 1 N–H and O–H groups in total. The molecule has 0 aliphatic carbocycles. The highest BCUT2D eigenvalue weighted by Gasteiger charge is 2.06. The summed E-state index contributed by atoms with van der Waals surface area (Å²) in [5, 5.41) is 3.41. The average molecular weight is 250 g/mol. The van der Waals surface area contributed by atoms with Gasteiger partial charge in [-0.2, -0.15) is 0 Å². The Morgan fingerprint density at radius 1 is 1.12 bits per heavy atom. The van der Waals surface area contributed by atoms with Crippen LogP contribution in [-0.2, 0) is 0 Å². The molecule has 88 valence electrons. The first-order chi connectivity index (χ1) is 8.16. The quantitative estimate of drug-likeness (QED) is 0.835. The van der Waals surface area contributed by atoms with Crippen molar-refractivity contribution in [3.8, 4) is 0 Å². The van der Waals surface area contributed by atoms with Crippen LogP contribution in [0.25, 0.3) is 0 Å². The molecule has 0 saturated carbocycles. The Balaban J connectivity index is 2.13. The van der Waals surface area contributed by atoms with Crippen molar-refractivity contribution in [3.63, 3.8) is 0 Å². The second kappa shape index (κ2) is 5.19. The molecule has 2 aromatic rings. The summed E-state index contributed by atoms with van der Waals surface area (Å²) in [6, 6.07) is 14.8. The second-order valence-electron chi connectivity index (χ2n) is 3.91. The lowest BCUT2D eigenvalue weighted by Crippen LogP contribution is -2.06. The molecule has 2 rings (SSSR count). The Hall–Kier alpha value is -1.54. The van der Waals surface area contributed by atoms with Crippen LogP contribution in [0, 0.1) is 5.82 Å². The minimum absolute atomic E-state index is 0.135. The van der Waals surface area contributed by atoms with Gasteiger partial charge in [0.2, 0.25) is 0 Å². The van der Waals surface area contributed by atoms with Gasteiger partial charge < -0.3 is 5.32 Å². The molecule has 0 aromatic heterocycles. The number of rotatable bonds is 3. The third-order valence-electron chi connectivity index (χ3n) is 2.60. The van der Waals surface area contributed by atoms with E-state index >= 15 is 0 Å². The van der Waals surface area contributed by atoms with E-state index in [-0.39, 0.29) is 11.1 Å². The molecule has 0 saturated heterocycles. The molecule has 0 amide bonds. The molecule has 3 heteroatoms. The van der Waals surface area contributed by atoms with Crippen molar-refractivity contribution in [2.45, 2.75) is 13.0 Å². The third-order valence-corrected chi connectivity index (χ3v) is 2.89. The van der Waals surface area contributed by atoms with E-state index in [2.05, 4.69) is 5.32 Å². The molecular formula is C14H13ClFN. The molecule has 0 bridgehead atoms. The summed E-state index contributed by atoms with van der Waals surface area (Å²) >= 11 is 5.73. The Labute approximate surface area is 105 Å². The normalized spacial score (nSPS) is 12.2. The van der Waals surface area contributed by atoms with Crippen LogP contribution >= 0.6 is 11.6 Å². The minimum Gasteiger partial charge on any atom is -0.378 e. The maximum absolute atomic E-state index is 13.0. The topological polar surface area (TPSA) is 12.0 Å². The van der Waals surface area contributed by atoms with Gasteiger partial charge in [-0.25, -0.2) is 4.39 Å². The zero-order valence-corrected chi connectivity index (χ0v) is 10.2. The number of hydrogen-bond donors (Lipinski definition) is 1. The first-order valence-corrected chi connectivity index (χ1v) is 5.81. The molecule has 0 fully saturated rings. The summed E-state index contributed by atoms with van der Waals surface area (Å²) in [5.74, 6) is -0.399. The Morgan fingerprint density at radius 2 is 1.82 bits per heavy atom. The van der Waals surface area contributed by atoms with Crippen LogP contribution in [0.2, 0.25) is 5.02 Å². The average Bonchev–Trinajstić information content (AvgIpc) is 2.35. The van der Waals surface area contributed by atoms with E-state index in [4.69, 9.17) is 11.6 Å². The maximum Gasteiger partial charge on any atom is 0.141 e. The van der Waals surface area contributed by atoms with Crippen molar-refractivity contribution in [2.75, 3.05) is 5.32 Å². The van der Waals surface area contributed by atoms with Crippen molar-refractivity contribution in [1.82, 2.24) is 0 Å². The van der Waals surface area contributed by atoms with Crippen LogP contribution in [0.3, 0.4) is 0 Å². The number of benzene rings is 2. The first-order valence-electron chi connectivity index (χ1n) is 5.43. The molecule has 0 spiro atoms. The van der Waals surface area contributed by atoms with Gasteiger partial charge in [0.15, 0.2) is 0 Å². The third kappa shape index (κ3) is 2.98. The van der Waals surface area contributed by atoms with Gasteiger partial charge in [-0.3, -0.25) is 0 Å². The Morgan fingerprint density at radius 3 is 2.47 bits per heavy atom. The number of halogens is 2. The summed E-state index contributed by atoms with van der Waals surface area (Å²) in [4.78, 5) is 0. The van der Waals surface area contributed by atoms with Gasteiger partial charge in [0, 0.05) is 11.7 Å². The highest BCUT2D eigenvalue weighted by molar-refractivity contribution is 6.31. The van der Waals surface area contributed by atoms with Crippen molar-refractivity contribution in [2.24, 2.45) is 0 Å². The van der Waals surface area contributed by atoms with E-state index in [1.54, 1.807) is 12.1 Å². The maximum atomic E-state index is 13.0. The van der Waals surface area contributed by atoms with Gasteiger partial charge >= 0.3 is 0 Å². The zero-order valence-electron chi connectivity index (χ0n) is 9.45. The standard InChI is InChI=1S/C14H13ClFN/c1-10(11-5-3-2-4-6-11)17-12-7-8-14(16)13(15)9-12/h2-10,17H,1H3. The number of anilines is 1. The van der Waals surface area contributed by atoms with Gasteiger partial charge in [-0.05, 0) is 30.7 Å². The lowest BCUT2D eigenvalue weighted by molar-refractivity contribution is 0.628. The Kier molecular flexibility index (Phi) is 3.64. The zero-order chi connectivity index (χ0) is 12.3. The fourth-order valence-electron chi connectivity index (χ4n) is 1.66. The fourth-order valence-corrected chi connectivity index (χ4v) is 1.84. The summed E-state index contributed by atoms with van der Waals surface area (Å²) < 4.78 is 13.0. The molecule has 0 aliphatic heterocycles. The summed E-state index contributed by atoms with van der Waals surface area (Å²) in [6.07, 6.45) is 0. The minimum atomic E-state index is -0.399. The highest BCUT2D eigenvalue weighted by Crippen LogP contribution is 2.23. The van der Waals surface area contributed by atoms with Gasteiger partial charge in [0.1, 0.15) is 5.82 Å². The van der Waals surface area contributed by atoms with Crippen molar-refractivity contribution < 1.29 is 4.39 Å².